The van der Waals surface area contributed by atoms with Crippen LogP contribution in [0.25, 0.3) is 0 Å². The van der Waals surface area contributed by atoms with E-state index in [0.29, 0.717) is 5.56 Å². The fourth-order valence-corrected chi connectivity index (χ4v) is 2.74. The predicted octanol–water partition coefficient (Wildman–Crippen LogP) is 4.23. The fourth-order valence-electron chi connectivity index (χ4n) is 1.69. The summed E-state index contributed by atoms with van der Waals surface area (Å²) < 4.78 is 32.1. The summed E-state index contributed by atoms with van der Waals surface area (Å²) in [6.45, 7) is 10.4. The van der Waals surface area contributed by atoms with E-state index >= 15 is 0 Å². The Morgan fingerprint density at radius 1 is 1.27 bits per heavy atom. The lowest BCUT2D eigenvalue weighted by Gasteiger charge is -2.36. The Hall–Kier alpha value is -1.27. The highest BCUT2D eigenvalue weighted by Gasteiger charge is 2.38. The van der Waals surface area contributed by atoms with Gasteiger partial charge in [0.05, 0.1) is 5.92 Å². The van der Waals surface area contributed by atoms with E-state index in [9.17, 15) is 18.7 Å². The van der Waals surface area contributed by atoms with Crippen molar-refractivity contribution in [3.63, 3.8) is 0 Å². The molecule has 1 N–H and O–H groups in total. The maximum Gasteiger partial charge on any atom is 0.309 e. The van der Waals surface area contributed by atoms with E-state index in [1.54, 1.807) is 0 Å². The van der Waals surface area contributed by atoms with E-state index in [1.165, 1.54) is 6.07 Å². The van der Waals surface area contributed by atoms with Gasteiger partial charge < -0.3 is 9.53 Å². The fraction of sp³-hybridized carbons (Fsp3) is 0.562. The number of aliphatic carboxylic acids is 1. The van der Waals surface area contributed by atoms with Crippen LogP contribution in [0.1, 0.15) is 26.3 Å². The summed E-state index contributed by atoms with van der Waals surface area (Å²) in [7, 11) is -2.05. The van der Waals surface area contributed by atoms with Gasteiger partial charge in [0, 0.05) is 6.61 Å². The van der Waals surface area contributed by atoms with Gasteiger partial charge in [-0.1, -0.05) is 26.8 Å². The Morgan fingerprint density at radius 2 is 1.86 bits per heavy atom. The Balaban J connectivity index is 2.79. The van der Waals surface area contributed by atoms with E-state index in [2.05, 4.69) is 20.8 Å². The average molecular weight is 330 g/mol. The molecule has 0 radical (unpaired) electrons. The summed E-state index contributed by atoms with van der Waals surface area (Å²) in [5.74, 6) is -3.68. The van der Waals surface area contributed by atoms with Crippen molar-refractivity contribution in [3.05, 3.63) is 35.4 Å². The van der Waals surface area contributed by atoms with Gasteiger partial charge in [-0.15, -0.1) is 0 Å². The zero-order valence-corrected chi connectivity index (χ0v) is 14.7. The lowest BCUT2D eigenvalue weighted by atomic mass is 10.0. The molecule has 0 aliphatic rings. The third kappa shape index (κ3) is 4.88. The molecule has 1 aromatic rings. The highest BCUT2D eigenvalue weighted by Crippen LogP contribution is 2.36. The minimum atomic E-state index is -2.05. The first-order valence-corrected chi connectivity index (χ1v) is 10.2. The number of hydrogen-bond acceptors (Lipinski definition) is 2. The van der Waals surface area contributed by atoms with Crippen molar-refractivity contribution in [3.8, 4) is 0 Å². The number of carboxylic acids is 1. The number of benzene rings is 1. The molecule has 22 heavy (non-hydrogen) atoms. The molecule has 0 fully saturated rings. The topological polar surface area (TPSA) is 46.5 Å². The molecule has 0 aliphatic heterocycles. The van der Waals surface area contributed by atoms with Gasteiger partial charge in [0.1, 0.15) is 0 Å². The van der Waals surface area contributed by atoms with Crippen LogP contribution >= 0.6 is 0 Å². The van der Waals surface area contributed by atoms with Gasteiger partial charge in [0.25, 0.3) is 0 Å². The standard InChI is InChI=1S/C16H24F2O3Si/c1-16(2,3)22(4,5)21-10-12(15(19)20)8-11-6-7-13(17)14(18)9-11/h6-7,9,12H,8,10H2,1-5H3,(H,19,20). The van der Waals surface area contributed by atoms with Gasteiger partial charge in [0.15, 0.2) is 20.0 Å². The molecule has 6 heteroatoms. The predicted molar refractivity (Wildman–Crippen MR) is 84.3 cm³/mol. The molecule has 0 heterocycles. The zero-order valence-electron chi connectivity index (χ0n) is 13.7. The van der Waals surface area contributed by atoms with E-state index < -0.39 is 31.8 Å². The number of hydrogen-bond donors (Lipinski definition) is 1. The van der Waals surface area contributed by atoms with Gasteiger partial charge in [-0.05, 0) is 42.2 Å². The zero-order chi connectivity index (χ0) is 17.1. The summed E-state index contributed by atoms with van der Waals surface area (Å²) >= 11 is 0. The van der Waals surface area contributed by atoms with Crippen LogP contribution in [-0.4, -0.2) is 26.0 Å². The first-order valence-electron chi connectivity index (χ1n) is 7.25. The van der Waals surface area contributed by atoms with Crippen LogP contribution in [0.15, 0.2) is 18.2 Å². The van der Waals surface area contributed by atoms with Gasteiger partial charge in [0.2, 0.25) is 0 Å². The van der Waals surface area contributed by atoms with Crippen molar-refractivity contribution in [2.45, 2.75) is 45.3 Å². The number of rotatable bonds is 6. The van der Waals surface area contributed by atoms with Crippen molar-refractivity contribution in [2.75, 3.05) is 6.61 Å². The van der Waals surface area contributed by atoms with E-state index in [-0.39, 0.29) is 18.1 Å². The molecule has 0 amide bonds. The maximum absolute atomic E-state index is 13.2. The van der Waals surface area contributed by atoms with Crippen molar-refractivity contribution < 1.29 is 23.1 Å². The lowest BCUT2D eigenvalue weighted by Crippen LogP contribution is -2.42. The van der Waals surface area contributed by atoms with Crippen molar-refractivity contribution >= 4 is 14.3 Å². The first-order chi connectivity index (χ1) is 9.94. The van der Waals surface area contributed by atoms with Crippen molar-refractivity contribution in [1.82, 2.24) is 0 Å². The molecule has 1 atom stereocenters. The molecular weight excluding hydrogens is 306 g/mol. The summed E-state index contributed by atoms with van der Waals surface area (Å²) in [5.41, 5.74) is 0.449. The van der Waals surface area contributed by atoms with E-state index in [0.717, 1.165) is 12.1 Å². The molecule has 1 rings (SSSR count). The molecular formula is C16H24F2O3Si. The van der Waals surface area contributed by atoms with Gasteiger partial charge in [-0.2, -0.15) is 0 Å². The molecule has 124 valence electrons. The average Bonchev–Trinajstić information content (AvgIpc) is 2.37. The summed E-state index contributed by atoms with van der Waals surface area (Å²) in [6.07, 6.45) is 0.112. The van der Waals surface area contributed by atoms with Crippen LogP contribution in [-0.2, 0) is 15.6 Å². The molecule has 0 saturated carbocycles. The molecule has 3 nitrogen and oxygen atoms in total. The number of carboxylic acid groups (broad SMARTS) is 1. The summed E-state index contributed by atoms with van der Waals surface area (Å²) in [6, 6.07) is 3.45. The SMILES string of the molecule is CC(C)(C)[Si](C)(C)OCC(Cc1ccc(F)c(F)c1)C(=O)O. The van der Waals surface area contributed by atoms with E-state index in [4.69, 9.17) is 4.43 Å². The van der Waals surface area contributed by atoms with Crippen LogP contribution < -0.4 is 0 Å². The second-order valence-corrected chi connectivity index (χ2v) is 11.9. The third-order valence-electron chi connectivity index (χ3n) is 4.27. The number of carbonyl (C=O) groups is 1. The van der Waals surface area contributed by atoms with Crippen LogP contribution in [0.2, 0.25) is 18.1 Å². The maximum atomic E-state index is 13.2. The second kappa shape index (κ2) is 6.87. The normalized spacial score (nSPS) is 14.0. The van der Waals surface area contributed by atoms with Crippen LogP contribution in [0.4, 0.5) is 8.78 Å². The van der Waals surface area contributed by atoms with Crippen molar-refractivity contribution in [2.24, 2.45) is 5.92 Å². The monoisotopic (exact) mass is 330 g/mol. The van der Waals surface area contributed by atoms with Crippen LogP contribution in [0.5, 0.6) is 0 Å². The van der Waals surface area contributed by atoms with Crippen molar-refractivity contribution in [1.29, 1.82) is 0 Å². The third-order valence-corrected chi connectivity index (χ3v) is 8.77. The second-order valence-electron chi connectivity index (χ2n) is 7.06. The molecule has 0 aliphatic carbocycles. The molecule has 1 unspecified atom stereocenters. The Morgan fingerprint density at radius 3 is 2.32 bits per heavy atom. The highest BCUT2D eigenvalue weighted by atomic mass is 28.4. The molecule has 0 aromatic heterocycles. The minimum absolute atomic E-state index is 0.0158. The highest BCUT2D eigenvalue weighted by molar-refractivity contribution is 6.74. The minimum Gasteiger partial charge on any atom is -0.481 e. The smallest absolute Gasteiger partial charge is 0.309 e. The summed E-state index contributed by atoms with van der Waals surface area (Å²) in [5, 5.41) is 9.31. The van der Waals surface area contributed by atoms with E-state index in [1.807, 2.05) is 13.1 Å². The first kappa shape index (κ1) is 18.8. The Labute approximate surface area is 131 Å². The number of halogens is 2. The molecule has 0 saturated heterocycles. The summed E-state index contributed by atoms with van der Waals surface area (Å²) in [4.78, 5) is 11.4. The van der Waals surface area contributed by atoms with Gasteiger partial charge in [-0.3, -0.25) is 4.79 Å². The van der Waals surface area contributed by atoms with Crippen LogP contribution in [0, 0.1) is 17.6 Å². The Kier molecular flexibility index (Phi) is 5.87. The molecule has 0 bridgehead atoms. The van der Waals surface area contributed by atoms with Gasteiger partial charge >= 0.3 is 5.97 Å². The van der Waals surface area contributed by atoms with Gasteiger partial charge in [-0.25, -0.2) is 8.78 Å². The largest absolute Gasteiger partial charge is 0.481 e. The quantitative estimate of drug-likeness (QED) is 0.794. The lowest BCUT2D eigenvalue weighted by molar-refractivity contribution is -0.142. The molecule has 0 spiro atoms. The Bertz CT molecular complexity index is 539. The van der Waals surface area contributed by atoms with Crippen LogP contribution in [0.3, 0.4) is 0 Å². The molecule has 1 aromatic carbocycles.